The molecule has 0 spiro atoms. The van der Waals surface area contributed by atoms with E-state index in [0.717, 1.165) is 11.3 Å². The number of hydrogen-bond donors (Lipinski definition) is 0. The van der Waals surface area contributed by atoms with Gasteiger partial charge in [-0.15, -0.1) is 11.6 Å². The molecular formula is C13H19ClO3. The SMILES string of the molecule is CCOc1cccc(CCl)c1OC(C)COC. The summed E-state index contributed by atoms with van der Waals surface area (Å²) in [7, 11) is 1.65. The second kappa shape index (κ2) is 7.41. The van der Waals surface area contributed by atoms with Crippen LogP contribution in [0.2, 0.25) is 0 Å². The van der Waals surface area contributed by atoms with E-state index in [9.17, 15) is 0 Å². The Bertz CT molecular complexity index is 341. The molecule has 1 atom stereocenters. The van der Waals surface area contributed by atoms with Gasteiger partial charge in [0.25, 0.3) is 0 Å². The van der Waals surface area contributed by atoms with E-state index in [0.29, 0.717) is 24.8 Å². The lowest BCUT2D eigenvalue weighted by Gasteiger charge is -2.19. The molecule has 0 radical (unpaired) electrons. The van der Waals surface area contributed by atoms with Crippen molar-refractivity contribution in [1.29, 1.82) is 0 Å². The Morgan fingerprint density at radius 1 is 1.35 bits per heavy atom. The Morgan fingerprint density at radius 3 is 2.71 bits per heavy atom. The van der Waals surface area contributed by atoms with Gasteiger partial charge < -0.3 is 14.2 Å². The molecule has 1 aromatic carbocycles. The van der Waals surface area contributed by atoms with Crippen LogP contribution in [0.1, 0.15) is 19.4 Å². The number of ether oxygens (including phenoxy) is 3. The van der Waals surface area contributed by atoms with E-state index in [1.807, 2.05) is 32.0 Å². The Labute approximate surface area is 108 Å². The van der Waals surface area contributed by atoms with Gasteiger partial charge in [0.15, 0.2) is 11.5 Å². The Hall–Kier alpha value is -0.930. The highest BCUT2D eigenvalue weighted by Crippen LogP contribution is 2.33. The first-order valence-electron chi connectivity index (χ1n) is 5.69. The Balaban J connectivity index is 2.91. The van der Waals surface area contributed by atoms with Crippen molar-refractivity contribution in [3.05, 3.63) is 23.8 Å². The van der Waals surface area contributed by atoms with Gasteiger partial charge in [0.2, 0.25) is 0 Å². The van der Waals surface area contributed by atoms with Gasteiger partial charge in [-0.25, -0.2) is 0 Å². The van der Waals surface area contributed by atoms with Gasteiger partial charge in [0, 0.05) is 12.7 Å². The molecule has 0 aromatic heterocycles. The summed E-state index contributed by atoms with van der Waals surface area (Å²) in [6.07, 6.45) is -0.0384. The lowest BCUT2D eigenvalue weighted by molar-refractivity contribution is 0.0889. The molecule has 4 heteroatoms. The third-order valence-electron chi connectivity index (χ3n) is 2.22. The number of rotatable bonds is 7. The highest BCUT2D eigenvalue weighted by Gasteiger charge is 2.13. The molecule has 0 bridgehead atoms. The van der Waals surface area contributed by atoms with Gasteiger partial charge in [0.1, 0.15) is 6.10 Å². The normalized spacial score (nSPS) is 12.2. The van der Waals surface area contributed by atoms with Crippen LogP contribution in [0.25, 0.3) is 0 Å². The molecule has 0 amide bonds. The van der Waals surface area contributed by atoms with Crippen molar-refractivity contribution in [3.63, 3.8) is 0 Å². The van der Waals surface area contributed by atoms with E-state index in [1.54, 1.807) is 7.11 Å². The summed E-state index contributed by atoms with van der Waals surface area (Å²) in [5, 5.41) is 0. The van der Waals surface area contributed by atoms with E-state index in [-0.39, 0.29) is 6.10 Å². The molecule has 1 rings (SSSR count). The van der Waals surface area contributed by atoms with Crippen molar-refractivity contribution in [3.8, 4) is 11.5 Å². The maximum Gasteiger partial charge on any atom is 0.166 e. The molecule has 1 aromatic rings. The zero-order chi connectivity index (χ0) is 12.7. The highest BCUT2D eigenvalue weighted by molar-refractivity contribution is 6.17. The molecule has 0 aliphatic carbocycles. The Kier molecular flexibility index (Phi) is 6.16. The van der Waals surface area contributed by atoms with Crippen LogP contribution in [0.15, 0.2) is 18.2 Å². The van der Waals surface area contributed by atoms with Crippen molar-refractivity contribution in [2.75, 3.05) is 20.3 Å². The minimum atomic E-state index is -0.0384. The maximum atomic E-state index is 5.90. The number of alkyl halides is 1. The van der Waals surface area contributed by atoms with E-state index in [4.69, 9.17) is 25.8 Å². The van der Waals surface area contributed by atoms with Crippen molar-refractivity contribution in [2.45, 2.75) is 25.8 Å². The van der Waals surface area contributed by atoms with Crippen LogP contribution in [0.4, 0.5) is 0 Å². The number of methoxy groups -OCH3 is 1. The van der Waals surface area contributed by atoms with Crippen molar-refractivity contribution in [2.24, 2.45) is 0 Å². The summed E-state index contributed by atoms with van der Waals surface area (Å²) >= 11 is 5.90. The van der Waals surface area contributed by atoms with Crippen LogP contribution in [0, 0.1) is 0 Å². The molecule has 17 heavy (non-hydrogen) atoms. The third-order valence-corrected chi connectivity index (χ3v) is 2.51. The largest absolute Gasteiger partial charge is 0.490 e. The zero-order valence-electron chi connectivity index (χ0n) is 10.5. The quantitative estimate of drug-likeness (QED) is 0.703. The van der Waals surface area contributed by atoms with Crippen LogP contribution < -0.4 is 9.47 Å². The van der Waals surface area contributed by atoms with Gasteiger partial charge >= 0.3 is 0 Å². The first-order valence-corrected chi connectivity index (χ1v) is 6.22. The second-order valence-electron chi connectivity index (χ2n) is 3.69. The molecule has 0 aliphatic rings. The smallest absolute Gasteiger partial charge is 0.166 e. The molecule has 0 N–H and O–H groups in total. The first-order chi connectivity index (χ1) is 8.22. The lowest BCUT2D eigenvalue weighted by Crippen LogP contribution is -2.19. The number of hydrogen-bond acceptors (Lipinski definition) is 3. The van der Waals surface area contributed by atoms with Crippen LogP contribution in [-0.4, -0.2) is 26.4 Å². The first kappa shape index (κ1) is 14.1. The average Bonchev–Trinajstić information content (AvgIpc) is 2.32. The summed E-state index contributed by atoms with van der Waals surface area (Å²) in [4.78, 5) is 0. The summed E-state index contributed by atoms with van der Waals surface area (Å²) < 4.78 is 16.4. The molecule has 0 aliphatic heterocycles. The summed E-state index contributed by atoms with van der Waals surface area (Å²) in [5.41, 5.74) is 0.931. The molecule has 96 valence electrons. The summed E-state index contributed by atoms with van der Waals surface area (Å²) in [6.45, 7) is 5.02. The third kappa shape index (κ3) is 4.10. The molecule has 0 heterocycles. The van der Waals surface area contributed by atoms with Gasteiger partial charge in [-0.3, -0.25) is 0 Å². The molecule has 1 unspecified atom stereocenters. The van der Waals surface area contributed by atoms with Crippen LogP contribution in [-0.2, 0) is 10.6 Å². The second-order valence-corrected chi connectivity index (χ2v) is 3.96. The minimum Gasteiger partial charge on any atom is -0.490 e. The van der Waals surface area contributed by atoms with Crippen LogP contribution >= 0.6 is 11.6 Å². The summed E-state index contributed by atoms with van der Waals surface area (Å²) in [5.74, 6) is 1.85. The zero-order valence-corrected chi connectivity index (χ0v) is 11.3. The summed E-state index contributed by atoms with van der Waals surface area (Å²) in [6, 6.07) is 5.73. The van der Waals surface area contributed by atoms with Gasteiger partial charge in [-0.2, -0.15) is 0 Å². The van der Waals surface area contributed by atoms with Gasteiger partial charge in [-0.1, -0.05) is 12.1 Å². The monoisotopic (exact) mass is 258 g/mol. The van der Waals surface area contributed by atoms with Gasteiger partial charge in [0.05, 0.1) is 19.1 Å². The van der Waals surface area contributed by atoms with E-state index in [1.165, 1.54) is 0 Å². The molecule has 3 nitrogen and oxygen atoms in total. The van der Waals surface area contributed by atoms with E-state index < -0.39 is 0 Å². The van der Waals surface area contributed by atoms with E-state index in [2.05, 4.69) is 0 Å². The Morgan fingerprint density at radius 2 is 2.12 bits per heavy atom. The fraction of sp³-hybridized carbons (Fsp3) is 0.538. The fourth-order valence-electron chi connectivity index (χ4n) is 1.54. The number of halogens is 1. The average molecular weight is 259 g/mol. The van der Waals surface area contributed by atoms with Crippen molar-refractivity contribution in [1.82, 2.24) is 0 Å². The van der Waals surface area contributed by atoms with Crippen LogP contribution in [0.5, 0.6) is 11.5 Å². The predicted molar refractivity (Wildman–Crippen MR) is 69.1 cm³/mol. The van der Waals surface area contributed by atoms with Gasteiger partial charge in [-0.05, 0) is 19.9 Å². The maximum absolute atomic E-state index is 5.90. The predicted octanol–water partition coefficient (Wildman–Crippen LogP) is 3.24. The van der Waals surface area contributed by atoms with E-state index >= 15 is 0 Å². The van der Waals surface area contributed by atoms with Crippen molar-refractivity contribution < 1.29 is 14.2 Å². The molecule has 0 saturated heterocycles. The number of benzene rings is 1. The minimum absolute atomic E-state index is 0.0384. The van der Waals surface area contributed by atoms with Crippen LogP contribution in [0.3, 0.4) is 0 Å². The number of para-hydroxylation sites is 1. The van der Waals surface area contributed by atoms with Crippen molar-refractivity contribution >= 4 is 11.6 Å². The topological polar surface area (TPSA) is 27.7 Å². The fourth-order valence-corrected chi connectivity index (χ4v) is 1.75. The lowest BCUT2D eigenvalue weighted by atomic mass is 10.2. The highest BCUT2D eigenvalue weighted by atomic mass is 35.5. The molecular weight excluding hydrogens is 240 g/mol. The molecule has 0 fully saturated rings. The molecule has 0 saturated carbocycles. The standard InChI is InChI=1S/C13H19ClO3/c1-4-16-12-7-5-6-11(8-14)13(12)17-10(2)9-15-3/h5-7,10H,4,8-9H2,1-3H3.